The minimum absolute atomic E-state index is 0.338. The number of aromatic nitrogens is 2. The van der Waals surface area contributed by atoms with Gasteiger partial charge in [0.1, 0.15) is 5.60 Å². The highest BCUT2D eigenvalue weighted by Gasteiger charge is 2.15. The summed E-state index contributed by atoms with van der Waals surface area (Å²) in [7, 11) is 0. The number of oxime groups is 1. The number of hydrogen-bond donors (Lipinski definition) is 2. The van der Waals surface area contributed by atoms with Crippen LogP contribution in [0.2, 0.25) is 0 Å². The standard InChI is InChI=1S/C10H16N4O4S/c1-10(2,3)17-9(15)11-4-5-19-8-7(6-12-16)13-18-14-8/h6,16H,4-5H2,1-3H3,(H,11,15)/b12-6+. The Hall–Kier alpha value is -1.77. The van der Waals surface area contributed by atoms with Gasteiger partial charge in [0.15, 0.2) is 10.7 Å². The number of carbonyl (C=O) groups excluding carboxylic acids is 1. The molecule has 0 bridgehead atoms. The van der Waals surface area contributed by atoms with Crippen LogP contribution in [0.4, 0.5) is 4.79 Å². The van der Waals surface area contributed by atoms with Crippen molar-refractivity contribution in [3.8, 4) is 0 Å². The molecule has 1 rings (SSSR count). The maximum absolute atomic E-state index is 11.3. The van der Waals surface area contributed by atoms with E-state index < -0.39 is 11.7 Å². The predicted octanol–water partition coefficient (Wildman–Crippen LogP) is 1.49. The fraction of sp³-hybridized carbons (Fsp3) is 0.600. The largest absolute Gasteiger partial charge is 0.444 e. The Morgan fingerprint density at radius 2 is 2.32 bits per heavy atom. The molecule has 19 heavy (non-hydrogen) atoms. The predicted molar refractivity (Wildman–Crippen MR) is 68.6 cm³/mol. The van der Waals surface area contributed by atoms with E-state index in [1.54, 1.807) is 20.8 Å². The van der Waals surface area contributed by atoms with E-state index in [4.69, 9.17) is 9.94 Å². The summed E-state index contributed by atoms with van der Waals surface area (Å²) >= 11 is 1.31. The molecule has 0 spiro atoms. The Kier molecular flexibility index (Phi) is 5.61. The molecular formula is C10H16N4O4S. The summed E-state index contributed by atoms with van der Waals surface area (Å²) in [6.45, 7) is 5.79. The first-order chi connectivity index (χ1) is 8.92. The molecular weight excluding hydrogens is 272 g/mol. The summed E-state index contributed by atoms with van der Waals surface area (Å²) in [6.07, 6.45) is 0.656. The molecule has 1 heterocycles. The van der Waals surface area contributed by atoms with Crippen molar-refractivity contribution in [3.05, 3.63) is 5.69 Å². The van der Waals surface area contributed by atoms with Crippen molar-refractivity contribution in [3.63, 3.8) is 0 Å². The summed E-state index contributed by atoms with van der Waals surface area (Å²) in [4.78, 5) is 11.3. The maximum Gasteiger partial charge on any atom is 0.407 e. The number of thioether (sulfide) groups is 1. The Morgan fingerprint density at radius 1 is 1.58 bits per heavy atom. The van der Waals surface area contributed by atoms with Crippen LogP contribution in [0.5, 0.6) is 0 Å². The lowest BCUT2D eigenvalue weighted by Crippen LogP contribution is -2.33. The third-order valence-corrected chi connectivity index (χ3v) is 2.64. The van der Waals surface area contributed by atoms with E-state index in [-0.39, 0.29) is 0 Å². The van der Waals surface area contributed by atoms with E-state index in [1.807, 2.05) is 0 Å². The van der Waals surface area contributed by atoms with Crippen LogP contribution in [0, 0.1) is 0 Å². The number of carbonyl (C=O) groups is 1. The van der Waals surface area contributed by atoms with Crippen LogP contribution in [0.1, 0.15) is 26.5 Å². The molecule has 106 valence electrons. The Morgan fingerprint density at radius 3 is 2.95 bits per heavy atom. The quantitative estimate of drug-likeness (QED) is 0.278. The lowest BCUT2D eigenvalue weighted by atomic mass is 10.2. The fourth-order valence-electron chi connectivity index (χ4n) is 1.04. The third-order valence-electron chi connectivity index (χ3n) is 1.67. The van der Waals surface area contributed by atoms with Crippen LogP contribution in [0.25, 0.3) is 0 Å². The van der Waals surface area contributed by atoms with Gasteiger partial charge in [-0.1, -0.05) is 16.9 Å². The molecule has 0 saturated carbocycles. The van der Waals surface area contributed by atoms with Crippen molar-refractivity contribution in [2.75, 3.05) is 12.3 Å². The van der Waals surface area contributed by atoms with Gasteiger partial charge in [-0.15, -0.1) is 0 Å². The van der Waals surface area contributed by atoms with Crippen LogP contribution in [-0.4, -0.2) is 45.7 Å². The number of nitrogens with zero attached hydrogens (tertiary/aromatic N) is 3. The monoisotopic (exact) mass is 288 g/mol. The van der Waals surface area contributed by atoms with Crippen molar-refractivity contribution in [1.29, 1.82) is 0 Å². The van der Waals surface area contributed by atoms with Crippen molar-refractivity contribution >= 4 is 24.1 Å². The van der Waals surface area contributed by atoms with Crippen molar-refractivity contribution < 1.29 is 19.4 Å². The molecule has 0 saturated heterocycles. The number of ether oxygens (including phenoxy) is 1. The summed E-state index contributed by atoms with van der Waals surface area (Å²) in [6, 6.07) is 0. The van der Waals surface area contributed by atoms with Crippen LogP contribution in [0.15, 0.2) is 14.8 Å². The molecule has 1 amide bonds. The van der Waals surface area contributed by atoms with Crippen molar-refractivity contribution in [2.45, 2.75) is 31.4 Å². The topological polar surface area (TPSA) is 110 Å². The van der Waals surface area contributed by atoms with E-state index in [0.29, 0.717) is 23.0 Å². The maximum atomic E-state index is 11.3. The van der Waals surface area contributed by atoms with Gasteiger partial charge in [-0.3, -0.25) is 0 Å². The SMILES string of the molecule is CC(C)(C)OC(=O)NCCSc1nonc1/C=N/O. The highest BCUT2D eigenvalue weighted by molar-refractivity contribution is 7.99. The fourth-order valence-corrected chi connectivity index (χ4v) is 1.76. The second-order valence-corrected chi connectivity index (χ2v) is 5.56. The second-order valence-electron chi connectivity index (χ2n) is 4.48. The minimum Gasteiger partial charge on any atom is -0.444 e. The Bertz CT molecular complexity index is 441. The van der Waals surface area contributed by atoms with Gasteiger partial charge < -0.3 is 15.3 Å². The first-order valence-electron chi connectivity index (χ1n) is 5.52. The van der Waals surface area contributed by atoms with E-state index in [0.717, 1.165) is 6.21 Å². The zero-order chi connectivity index (χ0) is 14.3. The molecule has 0 aliphatic rings. The molecule has 0 unspecified atom stereocenters. The minimum atomic E-state index is -0.516. The lowest BCUT2D eigenvalue weighted by Gasteiger charge is -2.19. The van der Waals surface area contributed by atoms with Gasteiger partial charge in [-0.2, -0.15) is 0 Å². The smallest absolute Gasteiger partial charge is 0.407 e. The molecule has 0 radical (unpaired) electrons. The van der Waals surface area contributed by atoms with Gasteiger partial charge in [0.25, 0.3) is 0 Å². The van der Waals surface area contributed by atoms with Gasteiger partial charge in [-0.25, -0.2) is 9.42 Å². The molecule has 1 aromatic heterocycles. The summed E-state index contributed by atoms with van der Waals surface area (Å²) in [5, 5.41) is 21.5. The summed E-state index contributed by atoms with van der Waals surface area (Å²) in [5.41, 5.74) is -0.178. The van der Waals surface area contributed by atoms with Crippen molar-refractivity contribution in [2.24, 2.45) is 5.16 Å². The van der Waals surface area contributed by atoms with Gasteiger partial charge in [-0.05, 0) is 31.1 Å². The molecule has 2 N–H and O–H groups in total. The summed E-state index contributed by atoms with van der Waals surface area (Å²) in [5.74, 6) is 0.555. The van der Waals surface area contributed by atoms with Crippen molar-refractivity contribution in [1.82, 2.24) is 15.6 Å². The van der Waals surface area contributed by atoms with E-state index >= 15 is 0 Å². The Labute approximate surface area is 114 Å². The lowest BCUT2D eigenvalue weighted by molar-refractivity contribution is 0.0531. The first kappa shape index (κ1) is 15.3. The molecule has 0 atom stereocenters. The van der Waals surface area contributed by atoms with E-state index in [9.17, 15) is 4.79 Å². The molecule has 0 fully saturated rings. The van der Waals surface area contributed by atoms with Gasteiger partial charge in [0.05, 0.1) is 6.21 Å². The zero-order valence-electron chi connectivity index (χ0n) is 10.9. The summed E-state index contributed by atoms with van der Waals surface area (Å²) < 4.78 is 9.58. The van der Waals surface area contributed by atoms with Crippen LogP contribution in [0.3, 0.4) is 0 Å². The molecule has 0 aliphatic heterocycles. The molecule has 0 aromatic carbocycles. The van der Waals surface area contributed by atoms with Crippen LogP contribution >= 0.6 is 11.8 Å². The van der Waals surface area contributed by atoms with Crippen LogP contribution in [-0.2, 0) is 4.74 Å². The molecule has 9 heteroatoms. The Balaban J connectivity index is 2.27. The van der Waals surface area contributed by atoms with Gasteiger partial charge >= 0.3 is 6.09 Å². The second kappa shape index (κ2) is 6.98. The van der Waals surface area contributed by atoms with E-state index in [2.05, 4.69) is 25.4 Å². The number of rotatable bonds is 5. The number of alkyl carbamates (subject to hydrolysis) is 1. The van der Waals surface area contributed by atoms with Gasteiger partial charge in [0.2, 0.25) is 0 Å². The highest BCUT2D eigenvalue weighted by Crippen LogP contribution is 2.16. The first-order valence-corrected chi connectivity index (χ1v) is 6.50. The number of nitrogens with one attached hydrogen (secondary N) is 1. The average molecular weight is 288 g/mol. The normalized spacial score (nSPS) is 11.7. The molecule has 8 nitrogen and oxygen atoms in total. The molecule has 0 aliphatic carbocycles. The zero-order valence-corrected chi connectivity index (χ0v) is 11.7. The van der Waals surface area contributed by atoms with Gasteiger partial charge in [0, 0.05) is 12.3 Å². The number of amides is 1. The van der Waals surface area contributed by atoms with E-state index in [1.165, 1.54) is 11.8 Å². The van der Waals surface area contributed by atoms with Crippen LogP contribution < -0.4 is 5.32 Å². The number of hydrogen-bond acceptors (Lipinski definition) is 8. The molecule has 1 aromatic rings. The average Bonchev–Trinajstić information content (AvgIpc) is 2.70. The highest BCUT2D eigenvalue weighted by atomic mass is 32.2. The third kappa shape index (κ3) is 6.09.